The predicted octanol–water partition coefficient (Wildman–Crippen LogP) is 0.668. The number of nitrogens with zero attached hydrogens (tertiary/aromatic N) is 2. The zero-order valence-corrected chi connectivity index (χ0v) is 12.9. The molecule has 4 N–H and O–H groups in total. The molecule has 0 aromatic carbocycles. The minimum absolute atomic E-state index is 0.0344. The topological polar surface area (TPSA) is 108 Å². The molecule has 0 aromatic heterocycles. The van der Waals surface area contributed by atoms with Gasteiger partial charge in [-0.05, 0) is 19.3 Å². The summed E-state index contributed by atoms with van der Waals surface area (Å²) >= 11 is 0. The molecule has 0 aliphatic carbocycles. The molecule has 2 amide bonds. The van der Waals surface area contributed by atoms with E-state index in [0.29, 0.717) is 32.4 Å². The Labute approximate surface area is 125 Å². The molecule has 0 aromatic rings. The molecule has 21 heavy (non-hydrogen) atoms. The van der Waals surface area contributed by atoms with Gasteiger partial charge in [0.1, 0.15) is 5.41 Å². The Balaban J connectivity index is 3.10. The minimum Gasteiger partial charge on any atom is -0.409 e. The molecule has 0 radical (unpaired) electrons. The van der Waals surface area contributed by atoms with Gasteiger partial charge in [0.2, 0.25) is 11.8 Å². The fourth-order valence-electron chi connectivity index (χ4n) is 2.94. The van der Waals surface area contributed by atoms with Crippen LogP contribution < -0.4 is 11.1 Å². The van der Waals surface area contributed by atoms with Gasteiger partial charge in [0.25, 0.3) is 0 Å². The maximum Gasteiger partial charge on any atom is 0.239 e. The third-order valence-electron chi connectivity index (χ3n) is 3.91. The van der Waals surface area contributed by atoms with E-state index in [1.54, 1.807) is 0 Å². The van der Waals surface area contributed by atoms with Crippen molar-refractivity contribution in [2.45, 2.75) is 46.0 Å². The number of oxime groups is 1. The highest BCUT2D eigenvalue weighted by Gasteiger charge is 2.44. The molecule has 0 saturated carbocycles. The smallest absolute Gasteiger partial charge is 0.239 e. The molecule has 7 nitrogen and oxygen atoms in total. The lowest BCUT2D eigenvalue weighted by atomic mass is 9.76. The average Bonchev–Trinajstić information content (AvgIpc) is 2.69. The van der Waals surface area contributed by atoms with Crippen LogP contribution >= 0.6 is 0 Å². The highest BCUT2D eigenvalue weighted by Crippen LogP contribution is 2.33. The molecule has 0 unspecified atom stereocenters. The van der Waals surface area contributed by atoms with Crippen molar-refractivity contribution in [3.05, 3.63) is 0 Å². The van der Waals surface area contributed by atoms with E-state index < -0.39 is 5.41 Å². The van der Waals surface area contributed by atoms with Crippen LogP contribution in [0.3, 0.4) is 0 Å². The molecule has 1 aliphatic rings. The van der Waals surface area contributed by atoms with E-state index in [1.807, 2.05) is 13.8 Å². The molecule has 7 heteroatoms. The third-order valence-corrected chi connectivity index (χ3v) is 3.91. The summed E-state index contributed by atoms with van der Waals surface area (Å²) in [5.41, 5.74) is 4.85. The Hall–Kier alpha value is -1.79. The number of nitrogens with two attached hydrogens (primary N) is 1. The van der Waals surface area contributed by atoms with Crippen molar-refractivity contribution in [3.8, 4) is 0 Å². The van der Waals surface area contributed by atoms with E-state index >= 15 is 0 Å². The van der Waals surface area contributed by atoms with Gasteiger partial charge in [0.05, 0.1) is 6.54 Å². The number of amidine groups is 1. The number of hydrogen-bond acceptors (Lipinski definition) is 4. The van der Waals surface area contributed by atoms with Crippen LogP contribution in [-0.4, -0.2) is 47.4 Å². The first-order chi connectivity index (χ1) is 10.0. The van der Waals surface area contributed by atoms with E-state index in [4.69, 9.17) is 10.9 Å². The predicted molar refractivity (Wildman–Crippen MR) is 79.9 cm³/mol. The van der Waals surface area contributed by atoms with Crippen molar-refractivity contribution in [2.24, 2.45) is 16.3 Å². The van der Waals surface area contributed by atoms with Gasteiger partial charge in [-0.2, -0.15) is 0 Å². The highest BCUT2D eigenvalue weighted by molar-refractivity contribution is 6.07. The molecule has 1 heterocycles. The molecular weight excluding hydrogens is 272 g/mol. The number of rotatable bonds is 6. The first kappa shape index (κ1) is 17.3. The lowest BCUT2D eigenvalue weighted by Crippen LogP contribution is -2.52. The van der Waals surface area contributed by atoms with Crippen LogP contribution in [0.2, 0.25) is 0 Å². The van der Waals surface area contributed by atoms with Crippen molar-refractivity contribution < 1.29 is 14.8 Å². The van der Waals surface area contributed by atoms with Crippen molar-refractivity contribution in [1.29, 1.82) is 0 Å². The SMILES string of the molecule is CCCC(CCC)(C(=O)N1CCCNC(=O)C1)C(N)=NO. The largest absolute Gasteiger partial charge is 0.409 e. The summed E-state index contributed by atoms with van der Waals surface area (Å²) in [5.74, 6) is -0.429. The summed E-state index contributed by atoms with van der Waals surface area (Å²) in [6.45, 7) is 5.02. The van der Waals surface area contributed by atoms with E-state index in [9.17, 15) is 9.59 Å². The van der Waals surface area contributed by atoms with Crippen LogP contribution in [0.1, 0.15) is 46.0 Å². The summed E-state index contributed by atoms with van der Waals surface area (Å²) < 4.78 is 0. The van der Waals surface area contributed by atoms with Gasteiger partial charge in [-0.3, -0.25) is 9.59 Å². The number of amides is 2. The van der Waals surface area contributed by atoms with Crippen LogP contribution in [-0.2, 0) is 9.59 Å². The van der Waals surface area contributed by atoms with Crippen molar-refractivity contribution in [2.75, 3.05) is 19.6 Å². The van der Waals surface area contributed by atoms with Crippen LogP contribution in [0.4, 0.5) is 0 Å². The van der Waals surface area contributed by atoms with Gasteiger partial charge in [-0.1, -0.05) is 31.8 Å². The van der Waals surface area contributed by atoms with Crippen LogP contribution in [0.25, 0.3) is 0 Å². The molecule has 0 bridgehead atoms. The summed E-state index contributed by atoms with van der Waals surface area (Å²) in [6, 6.07) is 0. The Morgan fingerprint density at radius 3 is 2.57 bits per heavy atom. The maximum atomic E-state index is 13.0. The standard InChI is InChI=1S/C14H26N4O3/c1-3-6-14(7-4-2,12(15)17-21)13(20)18-9-5-8-16-11(19)10-18/h21H,3-10H2,1-2H3,(H2,15,17)(H,16,19). The third kappa shape index (κ3) is 3.86. The molecule has 1 saturated heterocycles. The molecule has 120 valence electrons. The first-order valence-electron chi connectivity index (χ1n) is 7.56. The molecule has 1 fully saturated rings. The highest BCUT2D eigenvalue weighted by atomic mass is 16.4. The Morgan fingerprint density at radius 1 is 1.43 bits per heavy atom. The lowest BCUT2D eigenvalue weighted by molar-refractivity contribution is -0.142. The molecular formula is C14H26N4O3. The second-order valence-corrected chi connectivity index (χ2v) is 5.50. The van der Waals surface area contributed by atoms with Gasteiger partial charge in [0, 0.05) is 13.1 Å². The van der Waals surface area contributed by atoms with Gasteiger partial charge < -0.3 is 21.2 Å². The van der Waals surface area contributed by atoms with Gasteiger partial charge in [-0.25, -0.2) is 0 Å². The number of carbonyl (C=O) groups is 2. The Kier molecular flexibility index (Phi) is 6.45. The summed E-state index contributed by atoms with van der Waals surface area (Å²) in [5, 5.41) is 14.9. The van der Waals surface area contributed by atoms with Crippen LogP contribution in [0.5, 0.6) is 0 Å². The summed E-state index contributed by atoms with van der Waals surface area (Å²) in [7, 11) is 0. The zero-order valence-electron chi connectivity index (χ0n) is 12.9. The average molecular weight is 298 g/mol. The van der Waals surface area contributed by atoms with Crippen molar-refractivity contribution in [1.82, 2.24) is 10.2 Å². The minimum atomic E-state index is -1.01. The second kappa shape index (κ2) is 7.85. The first-order valence-corrected chi connectivity index (χ1v) is 7.56. The lowest BCUT2D eigenvalue weighted by Gasteiger charge is -2.35. The second-order valence-electron chi connectivity index (χ2n) is 5.50. The number of nitrogens with one attached hydrogen (secondary N) is 1. The van der Waals surface area contributed by atoms with Crippen LogP contribution in [0, 0.1) is 5.41 Å². The zero-order chi connectivity index (χ0) is 15.9. The Morgan fingerprint density at radius 2 is 2.05 bits per heavy atom. The monoisotopic (exact) mass is 298 g/mol. The summed E-state index contributed by atoms with van der Waals surface area (Å²) in [6.07, 6.45) is 3.20. The van der Waals surface area contributed by atoms with Gasteiger partial charge in [0.15, 0.2) is 5.84 Å². The number of carbonyl (C=O) groups excluding carboxylic acids is 2. The van der Waals surface area contributed by atoms with Gasteiger partial charge >= 0.3 is 0 Å². The molecule has 1 rings (SSSR count). The van der Waals surface area contributed by atoms with E-state index in [2.05, 4.69) is 10.5 Å². The fourth-order valence-corrected chi connectivity index (χ4v) is 2.94. The quantitative estimate of drug-likeness (QED) is 0.290. The normalized spacial score (nSPS) is 17.3. The molecule has 0 spiro atoms. The number of hydrogen-bond donors (Lipinski definition) is 3. The van der Waals surface area contributed by atoms with Crippen molar-refractivity contribution in [3.63, 3.8) is 0 Å². The van der Waals surface area contributed by atoms with E-state index in [1.165, 1.54) is 4.90 Å². The molecule has 0 atom stereocenters. The van der Waals surface area contributed by atoms with Crippen LogP contribution in [0.15, 0.2) is 5.16 Å². The summed E-state index contributed by atoms with van der Waals surface area (Å²) in [4.78, 5) is 26.2. The Bertz CT molecular complexity index is 403. The van der Waals surface area contributed by atoms with E-state index in [-0.39, 0.29) is 24.2 Å². The molecule has 1 aliphatic heterocycles. The van der Waals surface area contributed by atoms with Gasteiger partial charge in [-0.15, -0.1) is 0 Å². The van der Waals surface area contributed by atoms with E-state index in [0.717, 1.165) is 12.8 Å². The maximum absolute atomic E-state index is 13.0. The van der Waals surface area contributed by atoms with Crippen molar-refractivity contribution >= 4 is 17.6 Å². The fraction of sp³-hybridized carbons (Fsp3) is 0.786.